The van der Waals surface area contributed by atoms with Crippen LogP contribution in [-0.4, -0.2) is 14.3 Å². The number of nitrogens with zero attached hydrogens (tertiary/aromatic N) is 1. The van der Waals surface area contributed by atoms with Gasteiger partial charge >= 0.3 is 0 Å². The Labute approximate surface area is 163 Å². The molecule has 0 spiro atoms. The van der Waals surface area contributed by atoms with E-state index in [1.54, 1.807) is 6.92 Å². The van der Waals surface area contributed by atoms with Crippen molar-refractivity contribution in [2.45, 2.75) is 33.2 Å². The molecule has 0 aromatic heterocycles. The highest BCUT2D eigenvalue weighted by atomic mass is 79.9. The number of hydrogen-bond donors (Lipinski definition) is 1. The van der Waals surface area contributed by atoms with Crippen molar-refractivity contribution >= 4 is 36.7 Å². The van der Waals surface area contributed by atoms with E-state index in [2.05, 4.69) is 39.5 Å². The second kappa shape index (κ2) is 7.37. The quantitative estimate of drug-likeness (QED) is 0.751. The zero-order valence-electron chi connectivity index (χ0n) is 15.0. The Morgan fingerprint density at radius 1 is 1.12 bits per heavy atom. The van der Waals surface area contributed by atoms with Gasteiger partial charge in [0.25, 0.3) is 10.0 Å². The van der Waals surface area contributed by atoms with E-state index >= 15 is 0 Å². The average Bonchev–Trinajstić information content (AvgIpc) is 2.82. The van der Waals surface area contributed by atoms with Gasteiger partial charge in [-0.05, 0) is 41.7 Å². The van der Waals surface area contributed by atoms with E-state index in [1.807, 2.05) is 48.5 Å². The average molecular weight is 433 g/mol. The summed E-state index contributed by atoms with van der Waals surface area (Å²) in [5, 5.41) is 0. The Morgan fingerprint density at radius 2 is 1.81 bits per heavy atom. The summed E-state index contributed by atoms with van der Waals surface area (Å²) < 4.78 is 28.8. The van der Waals surface area contributed by atoms with Crippen molar-refractivity contribution in [3.63, 3.8) is 0 Å². The topological polar surface area (TPSA) is 58.5 Å². The molecule has 0 fully saturated rings. The number of aliphatic imine (C=N–C) groups is 1. The van der Waals surface area contributed by atoms with Crippen molar-refractivity contribution in [1.82, 2.24) is 4.72 Å². The van der Waals surface area contributed by atoms with Crippen LogP contribution in [0.3, 0.4) is 0 Å². The lowest BCUT2D eigenvalue weighted by atomic mass is 10.0. The van der Waals surface area contributed by atoms with Crippen LogP contribution in [-0.2, 0) is 16.6 Å². The maximum absolute atomic E-state index is 12.6. The van der Waals surface area contributed by atoms with E-state index in [0.717, 1.165) is 10.0 Å². The van der Waals surface area contributed by atoms with E-state index in [4.69, 9.17) is 0 Å². The predicted molar refractivity (Wildman–Crippen MR) is 110 cm³/mol. The van der Waals surface area contributed by atoms with Gasteiger partial charge in [-0.1, -0.05) is 66.2 Å². The van der Waals surface area contributed by atoms with Gasteiger partial charge in [-0.15, -0.1) is 0 Å². The molecule has 0 bridgehead atoms. The molecule has 0 unspecified atom stereocenters. The van der Waals surface area contributed by atoms with Crippen LogP contribution in [0.15, 0.2) is 63.6 Å². The monoisotopic (exact) mass is 432 g/mol. The molecular formula is C20H21BrN2O2S. The molecule has 6 heteroatoms. The summed E-state index contributed by atoms with van der Waals surface area (Å²) >= 11 is 3.43. The fourth-order valence-electron chi connectivity index (χ4n) is 2.91. The van der Waals surface area contributed by atoms with Crippen LogP contribution >= 0.6 is 15.9 Å². The third kappa shape index (κ3) is 3.91. The van der Waals surface area contributed by atoms with E-state index in [1.165, 1.54) is 5.56 Å². The summed E-state index contributed by atoms with van der Waals surface area (Å²) in [6.07, 6.45) is 0. The molecule has 0 radical (unpaired) electrons. The summed E-state index contributed by atoms with van der Waals surface area (Å²) in [5.74, 6) is 0.813. The largest absolute Gasteiger partial charge is 0.264 e. The minimum absolute atomic E-state index is 0.306. The van der Waals surface area contributed by atoms with E-state index in [9.17, 15) is 8.42 Å². The molecule has 0 saturated carbocycles. The first-order valence-electron chi connectivity index (χ1n) is 8.41. The SMILES string of the molecule is CC1=C(c2ccc(C(C)C)cc2)S(=O)(=O)NC1=NCc1cccc(Br)c1. The number of hydrogen-bond acceptors (Lipinski definition) is 3. The standard InChI is InChI=1S/C20H21BrN2O2S/c1-13(2)16-7-9-17(10-8-16)19-14(3)20(23-26(19,24)25)22-12-15-5-4-6-18(21)11-15/h4-11,13H,12H2,1-3H3,(H,22,23). The molecule has 2 aromatic carbocycles. The first kappa shape index (κ1) is 18.9. The van der Waals surface area contributed by atoms with Gasteiger partial charge in [-0.2, -0.15) is 0 Å². The van der Waals surface area contributed by atoms with Gasteiger partial charge in [0.1, 0.15) is 10.7 Å². The first-order valence-corrected chi connectivity index (χ1v) is 10.7. The highest BCUT2D eigenvalue weighted by Crippen LogP contribution is 2.31. The molecule has 26 heavy (non-hydrogen) atoms. The number of amidine groups is 1. The second-order valence-corrected chi connectivity index (χ2v) is 9.17. The van der Waals surface area contributed by atoms with Gasteiger partial charge in [0.05, 0.1) is 6.54 Å². The molecule has 2 aromatic rings. The smallest absolute Gasteiger partial charge is 0.263 e. The molecule has 4 nitrogen and oxygen atoms in total. The molecule has 1 aliphatic heterocycles. The zero-order valence-corrected chi connectivity index (χ0v) is 17.4. The molecule has 1 aliphatic rings. The van der Waals surface area contributed by atoms with E-state index in [0.29, 0.717) is 34.3 Å². The molecule has 136 valence electrons. The Hall–Kier alpha value is -1.92. The summed E-state index contributed by atoms with van der Waals surface area (Å²) in [5.41, 5.74) is 3.52. The number of sulfonamides is 1. The highest BCUT2D eigenvalue weighted by molar-refractivity contribution is 9.10. The van der Waals surface area contributed by atoms with Crippen LogP contribution in [0.2, 0.25) is 0 Å². The van der Waals surface area contributed by atoms with Crippen LogP contribution in [0.5, 0.6) is 0 Å². The van der Waals surface area contributed by atoms with Gasteiger partial charge in [0.15, 0.2) is 0 Å². The summed E-state index contributed by atoms with van der Waals surface area (Å²) in [6.45, 7) is 6.43. The van der Waals surface area contributed by atoms with Gasteiger partial charge in [-0.25, -0.2) is 8.42 Å². The second-order valence-electron chi connectivity index (χ2n) is 6.63. The van der Waals surface area contributed by atoms with Gasteiger partial charge in [-0.3, -0.25) is 9.71 Å². The molecule has 0 aliphatic carbocycles. The summed E-state index contributed by atoms with van der Waals surface area (Å²) in [7, 11) is -3.59. The molecule has 1 heterocycles. The zero-order chi connectivity index (χ0) is 18.9. The minimum atomic E-state index is -3.59. The number of benzene rings is 2. The Kier molecular flexibility index (Phi) is 5.34. The highest BCUT2D eigenvalue weighted by Gasteiger charge is 2.32. The van der Waals surface area contributed by atoms with Crippen molar-refractivity contribution in [1.29, 1.82) is 0 Å². The number of nitrogens with one attached hydrogen (secondary N) is 1. The van der Waals surface area contributed by atoms with Crippen LogP contribution in [0.1, 0.15) is 43.4 Å². The molecule has 0 atom stereocenters. The lowest BCUT2D eigenvalue weighted by Crippen LogP contribution is -2.23. The molecule has 3 rings (SSSR count). The van der Waals surface area contributed by atoms with Crippen molar-refractivity contribution in [3.8, 4) is 0 Å². The normalized spacial score (nSPS) is 17.8. The van der Waals surface area contributed by atoms with Crippen molar-refractivity contribution in [2.24, 2.45) is 4.99 Å². The lowest BCUT2D eigenvalue weighted by molar-refractivity contribution is 0.603. The van der Waals surface area contributed by atoms with Gasteiger partial charge in [0.2, 0.25) is 0 Å². The minimum Gasteiger partial charge on any atom is -0.263 e. The van der Waals surface area contributed by atoms with E-state index < -0.39 is 10.0 Å². The fourth-order valence-corrected chi connectivity index (χ4v) is 4.88. The molecule has 0 saturated heterocycles. The van der Waals surface area contributed by atoms with Crippen LogP contribution < -0.4 is 4.72 Å². The fraction of sp³-hybridized carbons (Fsp3) is 0.250. The van der Waals surface area contributed by atoms with Crippen LogP contribution in [0, 0.1) is 0 Å². The maximum Gasteiger partial charge on any atom is 0.264 e. The van der Waals surface area contributed by atoms with Gasteiger partial charge in [0, 0.05) is 10.0 Å². The van der Waals surface area contributed by atoms with Crippen LogP contribution in [0.4, 0.5) is 0 Å². The Balaban J connectivity index is 1.94. The third-order valence-corrected chi connectivity index (χ3v) is 6.38. The molecule has 1 N–H and O–H groups in total. The number of rotatable bonds is 4. The van der Waals surface area contributed by atoms with Crippen molar-refractivity contribution in [3.05, 3.63) is 75.3 Å². The Bertz CT molecular complexity index is 991. The third-order valence-electron chi connectivity index (χ3n) is 4.34. The molecule has 0 amide bonds. The number of halogens is 1. The van der Waals surface area contributed by atoms with Gasteiger partial charge < -0.3 is 0 Å². The predicted octanol–water partition coefficient (Wildman–Crippen LogP) is 4.84. The van der Waals surface area contributed by atoms with Crippen molar-refractivity contribution < 1.29 is 8.42 Å². The molecular weight excluding hydrogens is 412 g/mol. The van der Waals surface area contributed by atoms with Crippen molar-refractivity contribution in [2.75, 3.05) is 0 Å². The lowest BCUT2D eigenvalue weighted by Gasteiger charge is -2.07. The first-order chi connectivity index (χ1) is 12.3. The summed E-state index contributed by atoms with van der Waals surface area (Å²) in [4.78, 5) is 4.79. The summed E-state index contributed by atoms with van der Waals surface area (Å²) in [6, 6.07) is 15.5. The maximum atomic E-state index is 12.6. The Morgan fingerprint density at radius 3 is 2.42 bits per heavy atom. The van der Waals surface area contributed by atoms with E-state index in [-0.39, 0.29) is 0 Å². The van der Waals surface area contributed by atoms with Crippen LogP contribution in [0.25, 0.3) is 4.91 Å².